The molecule has 0 heterocycles. The Morgan fingerprint density at radius 2 is 2.06 bits per heavy atom. The lowest BCUT2D eigenvalue weighted by Crippen LogP contribution is -2.43. The first-order chi connectivity index (χ1) is 7.47. The zero-order chi connectivity index (χ0) is 12.6. The molecule has 0 aromatic carbocycles. The number of carbonyl (C=O) groups is 2. The van der Waals surface area contributed by atoms with Gasteiger partial charge in [-0.2, -0.15) is 11.8 Å². The summed E-state index contributed by atoms with van der Waals surface area (Å²) in [6.45, 7) is 3.09. The van der Waals surface area contributed by atoms with Crippen molar-refractivity contribution in [2.24, 2.45) is 5.92 Å². The van der Waals surface area contributed by atoms with E-state index in [-0.39, 0.29) is 5.75 Å². The lowest BCUT2D eigenvalue weighted by Gasteiger charge is -2.10. The van der Waals surface area contributed by atoms with Crippen molar-refractivity contribution >= 4 is 23.6 Å². The molecule has 0 rings (SSSR count). The Morgan fingerprint density at radius 3 is 2.50 bits per heavy atom. The third kappa shape index (κ3) is 7.50. The highest BCUT2D eigenvalue weighted by molar-refractivity contribution is 7.99. The third-order valence-corrected chi connectivity index (χ3v) is 2.85. The van der Waals surface area contributed by atoms with Gasteiger partial charge in [-0.1, -0.05) is 13.8 Å². The van der Waals surface area contributed by atoms with Crippen LogP contribution in [0.25, 0.3) is 0 Å². The molecule has 0 fully saturated rings. The fourth-order valence-electron chi connectivity index (χ4n) is 0.886. The minimum absolute atomic E-state index is 0.177. The maximum absolute atomic E-state index is 12.2. The van der Waals surface area contributed by atoms with E-state index in [4.69, 9.17) is 5.11 Å². The summed E-state index contributed by atoms with van der Waals surface area (Å²) >= 11 is 1.43. The third-order valence-electron chi connectivity index (χ3n) is 1.86. The van der Waals surface area contributed by atoms with Crippen LogP contribution >= 0.6 is 11.8 Å². The average molecular weight is 251 g/mol. The quantitative estimate of drug-likeness (QED) is 0.638. The van der Waals surface area contributed by atoms with E-state index in [2.05, 4.69) is 19.2 Å². The molecule has 0 aliphatic heterocycles. The Labute approximate surface area is 99.0 Å². The van der Waals surface area contributed by atoms with Gasteiger partial charge in [0, 0.05) is 0 Å². The molecule has 0 aromatic heterocycles. The normalized spacial score (nSPS) is 12.5. The van der Waals surface area contributed by atoms with E-state index in [1.165, 1.54) is 11.8 Å². The second-order valence-electron chi connectivity index (χ2n) is 3.85. The molecule has 0 saturated carbocycles. The Bertz CT molecular complexity index is 236. The topological polar surface area (TPSA) is 66.4 Å². The number of hydrogen-bond donors (Lipinski definition) is 2. The van der Waals surface area contributed by atoms with E-state index in [0.29, 0.717) is 5.92 Å². The molecule has 0 spiro atoms. The van der Waals surface area contributed by atoms with Crippen molar-refractivity contribution < 1.29 is 19.1 Å². The van der Waals surface area contributed by atoms with Crippen LogP contribution in [0.15, 0.2) is 0 Å². The van der Waals surface area contributed by atoms with E-state index in [1.807, 2.05) is 0 Å². The highest BCUT2D eigenvalue weighted by atomic mass is 32.2. The minimum Gasteiger partial charge on any atom is -0.480 e. The molecule has 1 amide bonds. The summed E-state index contributed by atoms with van der Waals surface area (Å²) in [4.78, 5) is 21.6. The maximum Gasteiger partial charge on any atom is 0.328 e. The number of carboxylic acids is 1. The summed E-state index contributed by atoms with van der Waals surface area (Å²) in [6, 6.07) is -1.42. The van der Waals surface area contributed by atoms with Crippen LogP contribution in [0.3, 0.4) is 0 Å². The number of hydrogen-bond acceptors (Lipinski definition) is 3. The van der Waals surface area contributed by atoms with Crippen molar-refractivity contribution in [3.8, 4) is 0 Å². The number of aliphatic carboxylic acids is 1. The Hall–Kier alpha value is -0.780. The van der Waals surface area contributed by atoms with E-state index in [9.17, 15) is 14.0 Å². The first kappa shape index (κ1) is 15.2. The van der Waals surface area contributed by atoms with Crippen LogP contribution in [0.2, 0.25) is 0 Å². The molecule has 2 N–H and O–H groups in total. The number of carbonyl (C=O) groups excluding carboxylic acids is 1. The van der Waals surface area contributed by atoms with Crippen LogP contribution in [0, 0.1) is 5.92 Å². The number of thioether (sulfide) groups is 1. The number of carboxylic acid groups (broad SMARTS) is 1. The van der Waals surface area contributed by atoms with Crippen molar-refractivity contribution in [3.05, 3.63) is 0 Å². The monoisotopic (exact) mass is 251 g/mol. The molecule has 1 unspecified atom stereocenters. The van der Waals surface area contributed by atoms with Gasteiger partial charge in [0.25, 0.3) is 0 Å². The standard InChI is InChI=1S/C10H18FNO3S/c1-7(2)3-4-16-6-9(13)12-8(5-11)10(14)15/h7-8H,3-6H2,1-2H3,(H,12,13)(H,14,15). The summed E-state index contributed by atoms with van der Waals surface area (Å²) in [5.41, 5.74) is 0. The van der Waals surface area contributed by atoms with E-state index in [1.54, 1.807) is 0 Å². The number of rotatable bonds is 8. The Morgan fingerprint density at radius 1 is 1.44 bits per heavy atom. The Balaban J connectivity index is 3.69. The minimum atomic E-state index is -1.42. The molecule has 0 aromatic rings. The molecule has 0 aliphatic rings. The van der Waals surface area contributed by atoms with Crippen LogP contribution in [0.1, 0.15) is 20.3 Å². The zero-order valence-electron chi connectivity index (χ0n) is 9.53. The fourth-order valence-corrected chi connectivity index (χ4v) is 1.94. The molecular weight excluding hydrogens is 233 g/mol. The van der Waals surface area contributed by atoms with Gasteiger partial charge in [-0.05, 0) is 18.1 Å². The van der Waals surface area contributed by atoms with Crippen LogP contribution in [0.4, 0.5) is 4.39 Å². The van der Waals surface area contributed by atoms with Gasteiger partial charge in [-0.15, -0.1) is 0 Å². The van der Waals surface area contributed by atoms with Gasteiger partial charge in [-0.3, -0.25) is 4.79 Å². The SMILES string of the molecule is CC(C)CCSCC(=O)NC(CF)C(=O)O. The fraction of sp³-hybridized carbons (Fsp3) is 0.800. The zero-order valence-corrected chi connectivity index (χ0v) is 10.3. The highest BCUT2D eigenvalue weighted by Crippen LogP contribution is 2.08. The largest absolute Gasteiger partial charge is 0.480 e. The Kier molecular flexibility index (Phi) is 7.97. The summed E-state index contributed by atoms with van der Waals surface area (Å²) in [7, 11) is 0. The first-order valence-corrected chi connectivity index (χ1v) is 6.28. The second kappa shape index (κ2) is 8.38. The van der Waals surface area contributed by atoms with Crippen LogP contribution in [-0.4, -0.2) is 41.2 Å². The number of nitrogens with one attached hydrogen (secondary N) is 1. The van der Waals surface area contributed by atoms with Gasteiger partial charge < -0.3 is 10.4 Å². The van der Waals surface area contributed by atoms with Gasteiger partial charge in [-0.25, -0.2) is 9.18 Å². The lowest BCUT2D eigenvalue weighted by molar-refractivity contribution is -0.141. The van der Waals surface area contributed by atoms with Crippen molar-refractivity contribution in [2.75, 3.05) is 18.2 Å². The first-order valence-electron chi connectivity index (χ1n) is 5.13. The summed E-state index contributed by atoms with van der Waals surface area (Å²) < 4.78 is 12.2. The van der Waals surface area contributed by atoms with Gasteiger partial charge in [0.15, 0.2) is 6.04 Å². The lowest BCUT2D eigenvalue weighted by atomic mass is 10.2. The van der Waals surface area contributed by atoms with Crippen molar-refractivity contribution in [2.45, 2.75) is 26.3 Å². The van der Waals surface area contributed by atoms with Gasteiger partial charge in [0.2, 0.25) is 5.91 Å². The predicted octanol–water partition coefficient (Wildman–Crippen LogP) is 1.30. The maximum atomic E-state index is 12.2. The molecule has 0 radical (unpaired) electrons. The van der Waals surface area contributed by atoms with E-state index >= 15 is 0 Å². The number of alkyl halides is 1. The molecule has 6 heteroatoms. The second-order valence-corrected chi connectivity index (χ2v) is 4.95. The van der Waals surface area contributed by atoms with E-state index < -0.39 is 24.6 Å². The van der Waals surface area contributed by atoms with Crippen LogP contribution < -0.4 is 5.32 Å². The van der Waals surface area contributed by atoms with Crippen molar-refractivity contribution in [1.82, 2.24) is 5.32 Å². The smallest absolute Gasteiger partial charge is 0.328 e. The van der Waals surface area contributed by atoms with Gasteiger partial charge >= 0.3 is 5.97 Å². The van der Waals surface area contributed by atoms with Crippen molar-refractivity contribution in [1.29, 1.82) is 0 Å². The summed E-state index contributed by atoms with van der Waals surface area (Å²) in [6.07, 6.45) is 1.00. The summed E-state index contributed by atoms with van der Waals surface area (Å²) in [5, 5.41) is 10.6. The predicted molar refractivity (Wildman–Crippen MR) is 62.3 cm³/mol. The molecule has 0 aliphatic carbocycles. The van der Waals surface area contributed by atoms with Gasteiger partial charge in [0.05, 0.1) is 5.75 Å². The van der Waals surface area contributed by atoms with Crippen LogP contribution in [-0.2, 0) is 9.59 Å². The molecule has 0 bridgehead atoms. The average Bonchev–Trinajstić information content (AvgIpc) is 2.20. The highest BCUT2D eigenvalue weighted by Gasteiger charge is 2.19. The van der Waals surface area contributed by atoms with Gasteiger partial charge in [0.1, 0.15) is 6.67 Å². The molecule has 4 nitrogen and oxygen atoms in total. The molecule has 1 atom stereocenters. The molecule has 94 valence electrons. The van der Waals surface area contributed by atoms with Crippen molar-refractivity contribution in [3.63, 3.8) is 0 Å². The van der Waals surface area contributed by atoms with E-state index in [0.717, 1.165) is 12.2 Å². The molecule has 16 heavy (non-hydrogen) atoms. The molecular formula is C10H18FNO3S. The number of halogens is 1. The summed E-state index contributed by atoms with van der Waals surface area (Å²) in [5.74, 6) is -0.176. The number of amides is 1. The van der Waals surface area contributed by atoms with Crippen LogP contribution in [0.5, 0.6) is 0 Å². The molecule has 0 saturated heterocycles.